The van der Waals surface area contributed by atoms with Crippen LogP contribution in [0.15, 0.2) is 42.5 Å². The lowest BCUT2D eigenvalue weighted by Gasteiger charge is -2.39. The van der Waals surface area contributed by atoms with E-state index < -0.39 is 11.6 Å². The molecule has 2 nitrogen and oxygen atoms in total. The van der Waals surface area contributed by atoms with Gasteiger partial charge < -0.3 is 10.6 Å². The lowest BCUT2D eigenvalue weighted by atomic mass is 9.75. The Kier molecular flexibility index (Phi) is 10.7. The summed E-state index contributed by atoms with van der Waals surface area (Å²) < 4.78 is 24.4. The molecule has 0 aliphatic heterocycles. The average molecular weight is 461 g/mol. The van der Waals surface area contributed by atoms with Crippen molar-refractivity contribution in [3.8, 4) is 0 Å². The minimum atomic E-state index is -0.521. The molecule has 0 amide bonds. The zero-order valence-electron chi connectivity index (χ0n) is 19.9. The van der Waals surface area contributed by atoms with Crippen LogP contribution in [0.4, 0.5) is 8.78 Å². The third-order valence-electron chi connectivity index (χ3n) is 6.01. The summed E-state index contributed by atoms with van der Waals surface area (Å²) in [6.07, 6.45) is 7.66. The van der Waals surface area contributed by atoms with E-state index in [1.54, 1.807) is 6.92 Å². The van der Waals surface area contributed by atoms with Gasteiger partial charge in [0, 0.05) is 18.2 Å². The number of hydrogen-bond acceptors (Lipinski definition) is 2. The normalized spacial score (nSPS) is 15.1. The van der Waals surface area contributed by atoms with Crippen molar-refractivity contribution in [1.29, 1.82) is 0 Å². The molecule has 3 rings (SSSR count). The molecule has 0 spiro atoms. The van der Waals surface area contributed by atoms with Crippen LogP contribution in [0.3, 0.4) is 0 Å². The number of hydrogen-bond donors (Lipinski definition) is 2. The van der Waals surface area contributed by atoms with Gasteiger partial charge in [0.05, 0.1) is 4.99 Å². The summed E-state index contributed by atoms with van der Waals surface area (Å²) in [7, 11) is 0. The van der Waals surface area contributed by atoms with Crippen LogP contribution in [0.2, 0.25) is 0 Å². The van der Waals surface area contributed by atoms with E-state index in [1.165, 1.54) is 55.4 Å². The van der Waals surface area contributed by atoms with Crippen LogP contribution in [0.5, 0.6) is 0 Å². The first-order valence-corrected chi connectivity index (χ1v) is 12.2. The summed E-state index contributed by atoms with van der Waals surface area (Å²) >= 11 is 5.08. The Morgan fingerprint density at radius 2 is 1.66 bits per heavy atom. The van der Waals surface area contributed by atoms with Crippen LogP contribution in [0, 0.1) is 18.6 Å². The molecular weight excluding hydrogens is 422 g/mol. The number of nitrogens with one attached hydrogen (secondary N) is 2. The Labute approximate surface area is 198 Å². The molecule has 2 N–H and O–H groups in total. The molecule has 2 aromatic carbocycles. The zero-order valence-corrected chi connectivity index (χ0v) is 20.8. The minimum absolute atomic E-state index is 0.176. The van der Waals surface area contributed by atoms with E-state index in [-0.39, 0.29) is 5.54 Å². The molecule has 2 aromatic rings. The molecule has 1 fully saturated rings. The van der Waals surface area contributed by atoms with Gasteiger partial charge >= 0.3 is 0 Å². The Hall–Kier alpha value is -1.85. The van der Waals surface area contributed by atoms with Gasteiger partial charge in [0.25, 0.3) is 0 Å². The number of halogens is 2. The summed E-state index contributed by atoms with van der Waals surface area (Å²) in [6, 6.07) is 12.7. The summed E-state index contributed by atoms with van der Waals surface area (Å²) in [5, 5.41) is 7.16. The Bertz CT molecular complexity index is 810. The molecule has 0 atom stereocenters. The molecule has 32 heavy (non-hydrogen) atoms. The van der Waals surface area contributed by atoms with Gasteiger partial charge in [0.1, 0.15) is 11.6 Å². The van der Waals surface area contributed by atoms with Crippen molar-refractivity contribution in [3.05, 3.63) is 70.8 Å². The number of thiocarbonyl (C=S) groups is 1. The summed E-state index contributed by atoms with van der Waals surface area (Å²) in [5.41, 5.74) is 3.72. The Morgan fingerprint density at radius 1 is 1.00 bits per heavy atom. The molecule has 1 saturated carbocycles. The monoisotopic (exact) mass is 460 g/mol. The predicted octanol–water partition coefficient (Wildman–Crippen LogP) is 7.16. The van der Waals surface area contributed by atoms with E-state index in [4.69, 9.17) is 12.2 Å². The number of rotatable bonds is 7. The average Bonchev–Trinajstić information content (AvgIpc) is 2.73. The second-order valence-electron chi connectivity index (χ2n) is 9.13. The highest BCUT2D eigenvalue weighted by molar-refractivity contribution is 7.80. The first-order chi connectivity index (χ1) is 15.2. The SMILES string of the molecule is CC(=S)NCCCNC1(c2cccc(C(C)C)c2)CCCCC1.Cc1cc(F)cc(F)c1. The fourth-order valence-electron chi connectivity index (χ4n) is 4.29. The third kappa shape index (κ3) is 8.59. The van der Waals surface area contributed by atoms with Crippen molar-refractivity contribution in [1.82, 2.24) is 10.6 Å². The quantitative estimate of drug-likeness (QED) is 0.339. The highest BCUT2D eigenvalue weighted by Gasteiger charge is 2.33. The van der Waals surface area contributed by atoms with Gasteiger partial charge in [0.15, 0.2) is 0 Å². The van der Waals surface area contributed by atoms with Crippen LogP contribution in [-0.2, 0) is 5.54 Å². The van der Waals surface area contributed by atoms with E-state index >= 15 is 0 Å². The van der Waals surface area contributed by atoms with Gasteiger partial charge in [-0.3, -0.25) is 0 Å². The first-order valence-electron chi connectivity index (χ1n) is 11.7. The molecule has 0 aromatic heterocycles. The predicted molar refractivity (Wildman–Crippen MR) is 135 cm³/mol. The maximum absolute atomic E-state index is 12.2. The fraction of sp³-hybridized carbons (Fsp3) is 0.519. The molecule has 1 aliphatic carbocycles. The summed E-state index contributed by atoms with van der Waals surface area (Å²) in [5.74, 6) is -0.453. The smallest absolute Gasteiger partial charge is 0.126 e. The molecule has 0 radical (unpaired) electrons. The zero-order chi connectivity index (χ0) is 23.6. The molecule has 176 valence electrons. The number of benzene rings is 2. The maximum Gasteiger partial charge on any atom is 0.126 e. The van der Waals surface area contributed by atoms with Gasteiger partial charge in [0.2, 0.25) is 0 Å². The number of aryl methyl sites for hydroxylation is 1. The standard InChI is InChI=1S/C20H32N2S.C7H6F2/c1-16(2)18-9-7-10-19(15-18)20(11-5-4-6-12-20)22-14-8-13-21-17(3)23;1-5-2-6(8)4-7(9)3-5/h7,9-10,15-16,22H,4-6,8,11-14H2,1-3H3,(H,21,23);2-4H,1H3. The van der Waals surface area contributed by atoms with E-state index in [9.17, 15) is 8.78 Å². The second kappa shape index (κ2) is 13.0. The summed E-state index contributed by atoms with van der Waals surface area (Å²) in [6.45, 7) is 10.2. The largest absolute Gasteiger partial charge is 0.380 e. The van der Waals surface area contributed by atoms with Crippen LogP contribution >= 0.6 is 12.2 Å². The summed E-state index contributed by atoms with van der Waals surface area (Å²) in [4.78, 5) is 0.891. The Morgan fingerprint density at radius 3 is 2.22 bits per heavy atom. The van der Waals surface area contributed by atoms with Crippen molar-refractivity contribution in [3.63, 3.8) is 0 Å². The molecule has 1 aliphatic rings. The molecule has 0 saturated heterocycles. The topological polar surface area (TPSA) is 24.1 Å². The van der Waals surface area contributed by atoms with Crippen molar-refractivity contribution in [2.45, 2.75) is 77.7 Å². The molecule has 0 bridgehead atoms. The lowest BCUT2D eigenvalue weighted by Crippen LogP contribution is -2.45. The first kappa shape index (κ1) is 26.4. The van der Waals surface area contributed by atoms with Crippen molar-refractivity contribution in [2.75, 3.05) is 13.1 Å². The third-order valence-corrected chi connectivity index (χ3v) is 6.16. The molecule has 5 heteroatoms. The van der Waals surface area contributed by atoms with Gasteiger partial charge in [-0.2, -0.15) is 0 Å². The van der Waals surface area contributed by atoms with Gasteiger partial charge in [-0.05, 0) is 74.4 Å². The van der Waals surface area contributed by atoms with Crippen LogP contribution < -0.4 is 10.6 Å². The van der Waals surface area contributed by atoms with Crippen LogP contribution in [-0.4, -0.2) is 18.1 Å². The molecule has 0 heterocycles. The molecule has 0 unspecified atom stereocenters. The van der Waals surface area contributed by atoms with E-state index in [0.29, 0.717) is 11.5 Å². The maximum atomic E-state index is 12.2. The highest BCUT2D eigenvalue weighted by atomic mass is 32.1. The van der Waals surface area contributed by atoms with E-state index in [0.717, 1.165) is 30.6 Å². The van der Waals surface area contributed by atoms with Crippen LogP contribution in [0.1, 0.15) is 81.9 Å². The van der Waals surface area contributed by atoms with Crippen molar-refractivity contribution in [2.24, 2.45) is 0 Å². The van der Waals surface area contributed by atoms with Crippen molar-refractivity contribution >= 4 is 17.2 Å². The van der Waals surface area contributed by atoms with E-state index in [2.05, 4.69) is 48.7 Å². The van der Waals surface area contributed by atoms with Crippen molar-refractivity contribution < 1.29 is 8.78 Å². The Balaban J connectivity index is 0.000000336. The van der Waals surface area contributed by atoms with Gasteiger partial charge in [-0.1, -0.05) is 69.6 Å². The fourth-order valence-corrected chi connectivity index (χ4v) is 4.39. The lowest BCUT2D eigenvalue weighted by molar-refractivity contribution is 0.233. The molecular formula is C27H38F2N2S. The highest BCUT2D eigenvalue weighted by Crippen LogP contribution is 2.38. The van der Waals surface area contributed by atoms with Gasteiger partial charge in [-0.25, -0.2) is 8.78 Å². The second-order valence-corrected chi connectivity index (χ2v) is 9.75. The van der Waals surface area contributed by atoms with Crippen LogP contribution in [0.25, 0.3) is 0 Å². The van der Waals surface area contributed by atoms with Gasteiger partial charge in [-0.15, -0.1) is 0 Å². The minimum Gasteiger partial charge on any atom is -0.380 e. The van der Waals surface area contributed by atoms with E-state index in [1.807, 2.05) is 6.92 Å².